The van der Waals surface area contributed by atoms with Gasteiger partial charge in [0, 0.05) is 10.0 Å². The molecule has 2 aromatic carbocycles. The van der Waals surface area contributed by atoms with Crippen molar-refractivity contribution >= 4 is 27.7 Å². The van der Waals surface area contributed by atoms with Gasteiger partial charge >= 0.3 is 5.97 Å². The summed E-state index contributed by atoms with van der Waals surface area (Å²) >= 11 is 3.33. The third kappa shape index (κ3) is 4.70. The van der Waals surface area contributed by atoms with Crippen molar-refractivity contribution in [3.05, 3.63) is 64.1 Å². The monoisotopic (exact) mass is 362 g/mol. The van der Waals surface area contributed by atoms with Crippen LogP contribution in [0, 0.1) is 0 Å². The van der Waals surface area contributed by atoms with E-state index in [1.54, 1.807) is 31.4 Å². The molecule has 0 amide bonds. The molecule has 0 aromatic heterocycles. The van der Waals surface area contributed by atoms with Crippen molar-refractivity contribution in [3.63, 3.8) is 0 Å². The number of Topliss-reactive ketones (excluding diaryl/α,β-unsaturated/α-hetero) is 1. The van der Waals surface area contributed by atoms with Gasteiger partial charge in [-0.15, -0.1) is 0 Å². The van der Waals surface area contributed by atoms with Gasteiger partial charge in [0.2, 0.25) is 0 Å². The molecule has 2 rings (SSSR count). The molecule has 0 unspecified atom stereocenters. The van der Waals surface area contributed by atoms with Crippen LogP contribution >= 0.6 is 15.9 Å². The molecule has 2 aromatic rings. The molecule has 0 atom stereocenters. The van der Waals surface area contributed by atoms with Gasteiger partial charge in [-0.2, -0.15) is 0 Å². The highest BCUT2D eigenvalue weighted by Gasteiger charge is 2.10. The van der Waals surface area contributed by atoms with Gasteiger partial charge in [-0.1, -0.05) is 28.1 Å². The van der Waals surface area contributed by atoms with E-state index in [4.69, 9.17) is 9.47 Å². The smallest absolute Gasteiger partial charge is 0.310 e. The fourth-order valence-corrected chi connectivity index (χ4v) is 2.09. The molecule has 0 radical (unpaired) electrons. The molecule has 0 bridgehead atoms. The first-order valence-electron chi connectivity index (χ1n) is 6.66. The normalized spacial score (nSPS) is 10.1. The Hall–Kier alpha value is -2.14. The van der Waals surface area contributed by atoms with Crippen molar-refractivity contribution in [1.82, 2.24) is 0 Å². The van der Waals surface area contributed by atoms with Crippen LogP contribution in [0.5, 0.6) is 5.75 Å². The second-order valence-electron chi connectivity index (χ2n) is 4.62. The number of carbonyl (C=O) groups excluding carboxylic acids is 2. The maximum Gasteiger partial charge on any atom is 0.310 e. The molecule has 0 aliphatic heterocycles. The molecule has 0 fully saturated rings. The predicted octanol–water partition coefficient (Wildman–Crippen LogP) is 3.43. The summed E-state index contributed by atoms with van der Waals surface area (Å²) in [6.07, 6.45) is 0.142. The van der Waals surface area contributed by atoms with Crippen LogP contribution in [0.15, 0.2) is 53.0 Å². The highest BCUT2D eigenvalue weighted by molar-refractivity contribution is 9.10. The number of rotatable bonds is 6. The number of benzene rings is 2. The minimum atomic E-state index is -0.427. The van der Waals surface area contributed by atoms with Crippen molar-refractivity contribution in [2.45, 2.75) is 6.42 Å². The summed E-state index contributed by atoms with van der Waals surface area (Å²) in [4.78, 5) is 23.6. The van der Waals surface area contributed by atoms with Crippen LogP contribution < -0.4 is 4.74 Å². The Morgan fingerprint density at radius 1 is 1.00 bits per heavy atom. The highest BCUT2D eigenvalue weighted by Crippen LogP contribution is 2.13. The summed E-state index contributed by atoms with van der Waals surface area (Å²) in [6.45, 7) is -0.262. The average molecular weight is 363 g/mol. The summed E-state index contributed by atoms with van der Waals surface area (Å²) in [7, 11) is 1.56. The van der Waals surface area contributed by atoms with Gasteiger partial charge in [0.25, 0.3) is 0 Å². The van der Waals surface area contributed by atoms with E-state index in [9.17, 15) is 9.59 Å². The topological polar surface area (TPSA) is 52.6 Å². The van der Waals surface area contributed by atoms with E-state index >= 15 is 0 Å². The number of hydrogen-bond acceptors (Lipinski definition) is 4. The number of ketones is 1. The van der Waals surface area contributed by atoms with Gasteiger partial charge in [-0.05, 0) is 42.0 Å². The highest BCUT2D eigenvalue weighted by atomic mass is 79.9. The lowest BCUT2D eigenvalue weighted by atomic mass is 10.1. The molecule has 0 saturated carbocycles. The second kappa shape index (κ2) is 7.75. The maximum absolute atomic E-state index is 11.9. The van der Waals surface area contributed by atoms with Gasteiger partial charge in [0.1, 0.15) is 5.75 Å². The van der Waals surface area contributed by atoms with E-state index in [2.05, 4.69) is 15.9 Å². The van der Waals surface area contributed by atoms with E-state index in [1.165, 1.54) is 0 Å². The van der Waals surface area contributed by atoms with Crippen molar-refractivity contribution in [3.8, 4) is 5.75 Å². The van der Waals surface area contributed by atoms with Crippen molar-refractivity contribution in [2.75, 3.05) is 13.7 Å². The SMILES string of the molecule is COc1ccc(C(=O)COC(=O)Cc2ccc(Br)cc2)cc1. The summed E-state index contributed by atoms with van der Waals surface area (Å²) in [5.41, 5.74) is 1.32. The lowest BCUT2D eigenvalue weighted by Crippen LogP contribution is -2.15. The molecule has 0 saturated heterocycles. The van der Waals surface area contributed by atoms with Gasteiger partial charge in [0.15, 0.2) is 12.4 Å². The van der Waals surface area contributed by atoms with E-state index in [-0.39, 0.29) is 18.8 Å². The number of hydrogen-bond donors (Lipinski definition) is 0. The molecule has 5 heteroatoms. The molecule has 0 heterocycles. The van der Waals surface area contributed by atoms with Crippen molar-refractivity contribution < 1.29 is 19.1 Å². The van der Waals surface area contributed by atoms with Gasteiger partial charge in [-0.3, -0.25) is 9.59 Å². The quantitative estimate of drug-likeness (QED) is 0.583. The Kier molecular flexibility index (Phi) is 5.72. The molecule has 0 aliphatic carbocycles. The third-order valence-corrected chi connectivity index (χ3v) is 3.57. The van der Waals surface area contributed by atoms with Crippen LogP contribution in [0.2, 0.25) is 0 Å². The lowest BCUT2D eigenvalue weighted by Gasteiger charge is -2.05. The summed E-state index contributed by atoms with van der Waals surface area (Å²) < 4.78 is 11.0. The summed E-state index contributed by atoms with van der Waals surface area (Å²) in [6, 6.07) is 14.0. The van der Waals surface area contributed by atoms with Crippen molar-refractivity contribution in [2.24, 2.45) is 0 Å². The Labute approximate surface area is 137 Å². The predicted molar refractivity (Wildman–Crippen MR) is 86.1 cm³/mol. The maximum atomic E-state index is 11.9. The van der Waals surface area contributed by atoms with Crippen LogP contribution in [0.1, 0.15) is 15.9 Å². The standard InChI is InChI=1S/C17H15BrO4/c1-21-15-8-4-13(5-9-15)16(19)11-22-17(20)10-12-2-6-14(18)7-3-12/h2-9H,10-11H2,1H3. The first-order chi connectivity index (χ1) is 10.6. The zero-order valence-corrected chi connectivity index (χ0v) is 13.6. The molecular formula is C17H15BrO4. The number of carbonyl (C=O) groups is 2. The number of ether oxygens (including phenoxy) is 2. The zero-order valence-electron chi connectivity index (χ0n) is 12.0. The Balaban J connectivity index is 1.84. The average Bonchev–Trinajstić information content (AvgIpc) is 2.55. The fourth-order valence-electron chi connectivity index (χ4n) is 1.83. The summed E-state index contributed by atoms with van der Waals surface area (Å²) in [5, 5.41) is 0. The van der Waals surface area contributed by atoms with Gasteiger partial charge < -0.3 is 9.47 Å². The largest absolute Gasteiger partial charge is 0.497 e. The number of esters is 1. The molecular weight excluding hydrogens is 348 g/mol. The first kappa shape index (κ1) is 16.2. The van der Waals surface area contributed by atoms with Crippen LogP contribution in [0.3, 0.4) is 0 Å². The van der Waals surface area contributed by atoms with Crippen LogP contribution in [-0.2, 0) is 16.0 Å². The Bertz CT molecular complexity index is 647. The van der Waals surface area contributed by atoms with Crippen LogP contribution in [-0.4, -0.2) is 25.5 Å². The van der Waals surface area contributed by atoms with Gasteiger partial charge in [0.05, 0.1) is 13.5 Å². The second-order valence-corrected chi connectivity index (χ2v) is 5.53. The Morgan fingerprint density at radius 2 is 1.64 bits per heavy atom. The number of halogens is 1. The minimum Gasteiger partial charge on any atom is -0.497 e. The molecule has 0 aliphatic rings. The number of methoxy groups -OCH3 is 1. The molecule has 4 nitrogen and oxygen atoms in total. The lowest BCUT2D eigenvalue weighted by molar-refractivity contribution is -0.141. The minimum absolute atomic E-state index is 0.142. The zero-order chi connectivity index (χ0) is 15.9. The Morgan fingerprint density at radius 3 is 2.23 bits per heavy atom. The van der Waals surface area contributed by atoms with E-state index < -0.39 is 5.97 Å². The van der Waals surface area contributed by atoms with E-state index in [1.807, 2.05) is 24.3 Å². The summed E-state index contributed by atoms with van der Waals surface area (Å²) in [5.74, 6) is -0.000207. The molecule has 0 N–H and O–H groups in total. The fraction of sp³-hybridized carbons (Fsp3) is 0.176. The van der Waals surface area contributed by atoms with E-state index in [0.717, 1.165) is 10.0 Å². The van der Waals surface area contributed by atoms with Crippen LogP contribution in [0.25, 0.3) is 0 Å². The molecule has 0 spiro atoms. The van der Waals surface area contributed by atoms with Gasteiger partial charge in [-0.25, -0.2) is 0 Å². The molecule has 114 valence electrons. The first-order valence-corrected chi connectivity index (χ1v) is 7.45. The van der Waals surface area contributed by atoms with Crippen molar-refractivity contribution in [1.29, 1.82) is 0 Å². The van der Waals surface area contributed by atoms with E-state index in [0.29, 0.717) is 11.3 Å². The third-order valence-electron chi connectivity index (χ3n) is 3.04. The van der Waals surface area contributed by atoms with Crippen LogP contribution in [0.4, 0.5) is 0 Å². The molecule has 22 heavy (non-hydrogen) atoms.